The Morgan fingerprint density at radius 2 is 2.08 bits per heavy atom. The van der Waals surface area contributed by atoms with Crippen LogP contribution in [0.25, 0.3) is 0 Å². The van der Waals surface area contributed by atoms with Crippen LogP contribution >= 0.6 is 0 Å². The summed E-state index contributed by atoms with van der Waals surface area (Å²) < 4.78 is 0. The summed E-state index contributed by atoms with van der Waals surface area (Å²) in [7, 11) is 0. The molecule has 2 amide bonds. The summed E-state index contributed by atoms with van der Waals surface area (Å²) in [6.45, 7) is 8.78. The lowest BCUT2D eigenvalue weighted by Crippen LogP contribution is -2.58. The molecule has 1 saturated heterocycles. The molecule has 25 heavy (non-hydrogen) atoms. The smallest absolute Gasteiger partial charge is 0.317 e. The number of amides is 2. The molecule has 3 aliphatic rings. The molecule has 0 unspecified atom stereocenters. The summed E-state index contributed by atoms with van der Waals surface area (Å²) in [4.78, 5) is 16.9. The van der Waals surface area contributed by atoms with Gasteiger partial charge in [0.25, 0.3) is 0 Å². The van der Waals surface area contributed by atoms with Crippen LogP contribution in [0.1, 0.15) is 37.8 Å². The largest absolute Gasteiger partial charge is 0.389 e. The molecule has 2 N–H and O–H groups in total. The van der Waals surface area contributed by atoms with E-state index in [1.807, 2.05) is 18.7 Å². The van der Waals surface area contributed by atoms with E-state index in [1.54, 1.807) is 0 Å². The van der Waals surface area contributed by atoms with E-state index in [-0.39, 0.29) is 12.1 Å². The number of benzene rings is 1. The maximum atomic E-state index is 12.7. The number of aliphatic hydroxyl groups is 1. The molecule has 4 rings (SSSR count). The van der Waals surface area contributed by atoms with Crippen molar-refractivity contribution in [2.24, 2.45) is 5.92 Å². The van der Waals surface area contributed by atoms with E-state index in [4.69, 9.17) is 0 Å². The van der Waals surface area contributed by atoms with E-state index in [0.717, 1.165) is 26.1 Å². The van der Waals surface area contributed by atoms with Crippen molar-refractivity contribution < 1.29 is 9.90 Å². The van der Waals surface area contributed by atoms with E-state index < -0.39 is 5.60 Å². The summed E-state index contributed by atoms with van der Waals surface area (Å²) in [5, 5.41) is 13.3. The number of carbonyl (C=O) groups is 1. The zero-order chi connectivity index (χ0) is 17.8. The lowest BCUT2D eigenvalue weighted by molar-refractivity contribution is 0.0119. The average molecular weight is 343 g/mol. The molecule has 1 heterocycles. The Morgan fingerprint density at radius 1 is 1.32 bits per heavy atom. The highest BCUT2D eigenvalue weighted by Gasteiger charge is 2.56. The second kappa shape index (κ2) is 5.99. The van der Waals surface area contributed by atoms with Crippen molar-refractivity contribution in [2.75, 3.05) is 26.2 Å². The topological polar surface area (TPSA) is 55.8 Å². The molecule has 2 fully saturated rings. The molecular formula is C20H29N3O2. The van der Waals surface area contributed by atoms with Gasteiger partial charge in [0.1, 0.15) is 0 Å². The number of nitrogens with one attached hydrogen (secondary N) is 1. The van der Waals surface area contributed by atoms with Gasteiger partial charge in [-0.1, -0.05) is 24.3 Å². The Hall–Kier alpha value is -1.59. The lowest BCUT2D eigenvalue weighted by atomic mass is 10.1. The van der Waals surface area contributed by atoms with Gasteiger partial charge in [0.15, 0.2) is 0 Å². The molecule has 2 aliphatic carbocycles. The summed E-state index contributed by atoms with van der Waals surface area (Å²) in [6.07, 6.45) is 1.10. The minimum Gasteiger partial charge on any atom is -0.389 e. The van der Waals surface area contributed by atoms with Crippen LogP contribution in [0, 0.1) is 5.92 Å². The molecule has 0 bridgehead atoms. The number of piperazine rings is 1. The number of nitrogens with zero attached hydrogens (tertiary/aromatic N) is 2. The average Bonchev–Trinajstić information content (AvgIpc) is 3.02. The van der Waals surface area contributed by atoms with Gasteiger partial charge in [0.05, 0.1) is 5.60 Å². The van der Waals surface area contributed by atoms with Gasteiger partial charge in [-0.05, 0) is 44.2 Å². The molecule has 1 saturated carbocycles. The number of fused-ring (bicyclic) bond motifs is 3. The number of urea groups is 1. The summed E-state index contributed by atoms with van der Waals surface area (Å²) >= 11 is 0. The maximum absolute atomic E-state index is 12.7. The Morgan fingerprint density at radius 3 is 2.80 bits per heavy atom. The zero-order valence-electron chi connectivity index (χ0n) is 15.4. The van der Waals surface area contributed by atoms with Crippen LogP contribution in [0.2, 0.25) is 0 Å². The van der Waals surface area contributed by atoms with Gasteiger partial charge < -0.3 is 15.3 Å². The molecule has 0 spiro atoms. The lowest BCUT2D eigenvalue weighted by Gasteiger charge is -2.41. The van der Waals surface area contributed by atoms with Gasteiger partial charge in [-0.3, -0.25) is 4.90 Å². The Bertz CT molecular complexity index is 669. The molecule has 0 radical (unpaired) electrons. The predicted molar refractivity (Wildman–Crippen MR) is 97.6 cm³/mol. The van der Waals surface area contributed by atoms with Crippen LogP contribution in [-0.4, -0.2) is 64.8 Å². The highest BCUT2D eigenvalue weighted by atomic mass is 16.3. The van der Waals surface area contributed by atoms with Gasteiger partial charge in [0.2, 0.25) is 0 Å². The van der Waals surface area contributed by atoms with Crippen molar-refractivity contribution in [2.45, 2.75) is 50.8 Å². The van der Waals surface area contributed by atoms with Gasteiger partial charge in [-0.15, -0.1) is 0 Å². The fourth-order valence-electron chi connectivity index (χ4n) is 4.80. The van der Waals surface area contributed by atoms with E-state index in [1.165, 1.54) is 11.1 Å². The van der Waals surface area contributed by atoms with Gasteiger partial charge in [0, 0.05) is 44.2 Å². The number of carbonyl (C=O) groups excluding carboxylic acids is 1. The molecule has 136 valence electrons. The third kappa shape index (κ3) is 3.27. The van der Waals surface area contributed by atoms with Crippen molar-refractivity contribution in [3.8, 4) is 0 Å². The van der Waals surface area contributed by atoms with Crippen molar-refractivity contribution in [3.63, 3.8) is 0 Å². The number of hydrogen-bond acceptors (Lipinski definition) is 3. The highest BCUT2D eigenvalue weighted by Crippen LogP contribution is 2.56. The molecule has 4 atom stereocenters. The SMILES string of the molecule is C[C@@H]1CN(CC(C)(C)O)CCN1C(=O)N[C@@H]1[C@H]2Cc3ccccc3[C@H]21. The van der Waals surface area contributed by atoms with Crippen LogP contribution in [0.5, 0.6) is 0 Å². The molecular weight excluding hydrogens is 314 g/mol. The van der Waals surface area contributed by atoms with Crippen LogP contribution < -0.4 is 5.32 Å². The quantitative estimate of drug-likeness (QED) is 0.880. The zero-order valence-corrected chi connectivity index (χ0v) is 15.4. The standard InChI is InChI=1S/C20H29N3O2/c1-13-11-22(12-20(2,3)25)8-9-23(13)19(24)21-18-16-10-14-6-4-5-7-15(14)17(16)18/h4-7,13,16-18,25H,8-12H2,1-3H3,(H,21,24)/t13-,16+,17-,18-/m1/s1. The Balaban J connectivity index is 1.32. The number of β-amino-alcohol motifs (C(OH)–C–C–N with tert-alkyl or cyclic N) is 1. The molecule has 5 nitrogen and oxygen atoms in total. The number of hydrogen-bond donors (Lipinski definition) is 2. The molecule has 5 heteroatoms. The first-order valence-corrected chi connectivity index (χ1v) is 9.43. The molecule has 0 aromatic heterocycles. The van der Waals surface area contributed by atoms with E-state index >= 15 is 0 Å². The minimum absolute atomic E-state index is 0.0762. The first-order chi connectivity index (χ1) is 11.8. The van der Waals surface area contributed by atoms with Crippen molar-refractivity contribution in [3.05, 3.63) is 35.4 Å². The van der Waals surface area contributed by atoms with Gasteiger partial charge in [-0.25, -0.2) is 4.79 Å². The third-order valence-corrected chi connectivity index (χ3v) is 5.91. The predicted octanol–water partition coefficient (Wildman–Crippen LogP) is 1.81. The Labute approximate surface area is 150 Å². The first kappa shape index (κ1) is 16.9. The normalized spacial score (nSPS) is 31.4. The van der Waals surface area contributed by atoms with Crippen LogP contribution in [0.3, 0.4) is 0 Å². The highest BCUT2D eigenvalue weighted by molar-refractivity contribution is 5.76. The van der Waals surface area contributed by atoms with E-state index in [9.17, 15) is 9.90 Å². The molecule has 1 aliphatic heterocycles. The summed E-state index contributed by atoms with van der Waals surface area (Å²) in [5.41, 5.74) is 2.20. The van der Waals surface area contributed by atoms with Gasteiger partial charge in [-0.2, -0.15) is 0 Å². The minimum atomic E-state index is -0.691. The molecule has 1 aromatic carbocycles. The van der Waals surface area contributed by atoms with Crippen molar-refractivity contribution in [1.29, 1.82) is 0 Å². The number of rotatable bonds is 3. The first-order valence-electron chi connectivity index (χ1n) is 9.43. The summed E-state index contributed by atoms with van der Waals surface area (Å²) in [5.74, 6) is 1.11. The Kier molecular flexibility index (Phi) is 4.04. The second-order valence-corrected chi connectivity index (χ2v) is 8.66. The van der Waals surface area contributed by atoms with Crippen LogP contribution in [0.15, 0.2) is 24.3 Å². The second-order valence-electron chi connectivity index (χ2n) is 8.66. The van der Waals surface area contributed by atoms with Crippen LogP contribution in [0.4, 0.5) is 4.79 Å². The summed E-state index contributed by atoms with van der Waals surface area (Å²) in [6, 6.07) is 9.18. The van der Waals surface area contributed by atoms with Crippen molar-refractivity contribution >= 4 is 6.03 Å². The van der Waals surface area contributed by atoms with E-state index in [0.29, 0.717) is 24.4 Å². The monoisotopic (exact) mass is 343 g/mol. The fraction of sp³-hybridized carbons (Fsp3) is 0.650. The van der Waals surface area contributed by atoms with Crippen LogP contribution in [-0.2, 0) is 6.42 Å². The van der Waals surface area contributed by atoms with E-state index in [2.05, 4.69) is 41.4 Å². The van der Waals surface area contributed by atoms with Gasteiger partial charge >= 0.3 is 6.03 Å². The fourth-order valence-corrected chi connectivity index (χ4v) is 4.80. The third-order valence-electron chi connectivity index (χ3n) is 5.91. The maximum Gasteiger partial charge on any atom is 0.317 e. The van der Waals surface area contributed by atoms with Crippen molar-refractivity contribution in [1.82, 2.24) is 15.1 Å². The molecule has 1 aromatic rings.